The summed E-state index contributed by atoms with van der Waals surface area (Å²) < 4.78 is 8.37. The van der Waals surface area contributed by atoms with Crippen molar-refractivity contribution in [2.45, 2.75) is 130 Å². The zero-order chi connectivity index (χ0) is 26.4. The van der Waals surface area contributed by atoms with E-state index in [-0.39, 0.29) is 23.6 Å². The predicted molar refractivity (Wildman–Crippen MR) is 147 cm³/mol. The molecule has 3 N–H and O–H groups in total. The number of nitrogens with zero attached hydrogens (tertiary/aromatic N) is 2. The van der Waals surface area contributed by atoms with Gasteiger partial charge in [0.2, 0.25) is 5.90 Å². The average molecular weight is 503 g/mol. The van der Waals surface area contributed by atoms with Crippen molar-refractivity contribution in [3.63, 3.8) is 0 Å². The fourth-order valence-corrected chi connectivity index (χ4v) is 4.09. The van der Waals surface area contributed by atoms with Crippen LogP contribution in [0.1, 0.15) is 113 Å². The van der Waals surface area contributed by atoms with Crippen molar-refractivity contribution in [1.82, 2.24) is 9.79 Å². The van der Waals surface area contributed by atoms with Crippen LogP contribution in [0.2, 0.25) is 0 Å². The summed E-state index contributed by atoms with van der Waals surface area (Å²) in [6, 6.07) is 0. The fraction of sp³-hybridized carbons (Fsp3) is 0.923. The Hall–Kier alpha value is -0.830. The van der Waals surface area contributed by atoms with Gasteiger partial charge in [0.15, 0.2) is 6.17 Å². The van der Waals surface area contributed by atoms with Crippen molar-refractivity contribution in [1.29, 1.82) is 0 Å². The number of esters is 1. The molecule has 1 aliphatic carbocycles. The van der Waals surface area contributed by atoms with Crippen LogP contribution >= 0.6 is 12.8 Å². The van der Waals surface area contributed by atoms with Gasteiger partial charge in [-0.1, -0.05) is 71.6 Å². The molecule has 0 aromatic carbocycles. The quantitative estimate of drug-likeness (QED) is 0.269. The molecule has 0 aromatic rings. The maximum Gasteiger partial charge on any atom is 0.307 e. The van der Waals surface area contributed by atoms with E-state index in [1.807, 2.05) is 62.4 Å². The van der Waals surface area contributed by atoms with Crippen molar-refractivity contribution >= 4 is 24.7 Å². The number of thiol groups is 1. The van der Waals surface area contributed by atoms with Crippen LogP contribution in [-0.4, -0.2) is 47.8 Å². The number of carbonyl (C=O) groups excluding carboxylic acids is 1. The lowest BCUT2D eigenvalue weighted by Crippen LogP contribution is -2.32. The highest BCUT2D eigenvalue weighted by molar-refractivity contribution is 7.78. The molecule has 2 rings (SSSR count). The zero-order valence-electron chi connectivity index (χ0n) is 23.4. The van der Waals surface area contributed by atoms with Crippen LogP contribution in [0.3, 0.4) is 0 Å². The summed E-state index contributed by atoms with van der Waals surface area (Å²) in [5.41, 5.74) is 4.88. The minimum absolute atomic E-state index is 0. The lowest BCUT2D eigenvalue weighted by atomic mass is 9.84. The third kappa shape index (κ3) is 16.7. The molecule has 0 bridgehead atoms. The third-order valence-corrected chi connectivity index (χ3v) is 5.46. The number of carbonyl (C=O) groups is 1. The summed E-state index contributed by atoms with van der Waals surface area (Å²) in [4.78, 5) is 22.9. The Bertz CT molecular complexity index is 576. The second-order valence-electron chi connectivity index (χ2n) is 11.2. The van der Waals surface area contributed by atoms with Crippen LogP contribution in [0.25, 0.3) is 0 Å². The van der Waals surface area contributed by atoms with Crippen LogP contribution in [0.5, 0.6) is 0 Å². The van der Waals surface area contributed by atoms with Gasteiger partial charge in [0.05, 0.1) is 6.42 Å². The Morgan fingerprint density at radius 3 is 2.26 bits per heavy atom. The number of ether oxygens (including phenoxy) is 1. The monoisotopic (exact) mass is 502 g/mol. The summed E-state index contributed by atoms with van der Waals surface area (Å²) in [5, 5.41) is 1.72. The molecular weight excluding hydrogens is 448 g/mol. The van der Waals surface area contributed by atoms with Gasteiger partial charge in [-0.05, 0) is 53.9 Å². The van der Waals surface area contributed by atoms with Crippen molar-refractivity contribution in [3.8, 4) is 0 Å². The lowest BCUT2D eigenvalue weighted by Gasteiger charge is -2.24. The first kappa shape index (κ1) is 33.2. The maximum absolute atomic E-state index is 12.4. The smallest absolute Gasteiger partial charge is 0.307 e. The number of aliphatic imine (C=N–C) groups is 1. The molecular formula is C26H54N4O3S. The summed E-state index contributed by atoms with van der Waals surface area (Å²) >= 11 is 4.06. The molecule has 0 spiro atoms. The van der Waals surface area contributed by atoms with Gasteiger partial charge in [0.25, 0.3) is 0 Å². The summed E-state index contributed by atoms with van der Waals surface area (Å²) in [6.45, 7) is 16.2. The van der Waals surface area contributed by atoms with Crippen molar-refractivity contribution in [3.05, 3.63) is 0 Å². The van der Waals surface area contributed by atoms with Crippen LogP contribution in [-0.2, 0) is 14.4 Å². The molecule has 0 saturated heterocycles. The van der Waals surface area contributed by atoms with E-state index < -0.39 is 5.60 Å². The Labute approximate surface area is 215 Å². The molecule has 1 aliphatic heterocycles. The van der Waals surface area contributed by atoms with Crippen molar-refractivity contribution in [2.75, 3.05) is 13.6 Å². The van der Waals surface area contributed by atoms with Gasteiger partial charge in [-0.3, -0.25) is 9.52 Å². The molecule has 7 nitrogen and oxygen atoms in total. The number of nitrogens with one attached hydrogen (secondary N) is 1. The van der Waals surface area contributed by atoms with E-state index in [4.69, 9.17) is 15.3 Å². The molecule has 1 saturated carbocycles. The number of hydrogen-bond donors (Lipinski definition) is 3. The van der Waals surface area contributed by atoms with Gasteiger partial charge < -0.3 is 15.3 Å². The SMILES string of the molecule is CC.CC(C)(C)N.CN1OC([C@H](CCCC2CCCCC2)CC(=O)OC(C)(C)C)=NC1CNS. The molecule has 1 heterocycles. The van der Waals surface area contributed by atoms with Gasteiger partial charge in [0, 0.05) is 25.0 Å². The molecule has 1 fully saturated rings. The number of rotatable bonds is 9. The first-order chi connectivity index (χ1) is 15.8. The third-order valence-electron chi connectivity index (χ3n) is 5.28. The highest BCUT2D eigenvalue weighted by atomic mass is 32.1. The maximum atomic E-state index is 12.4. The normalized spacial score (nSPS) is 20.2. The minimum Gasteiger partial charge on any atom is -0.460 e. The van der Waals surface area contributed by atoms with E-state index in [0.29, 0.717) is 18.9 Å². The molecule has 2 aliphatic rings. The minimum atomic E-state index is -0.475. The van der Waals surface area contributed by atoms with E-state index in [0.717, 1.165) is 18.8 Å². The zero-order valence-corrected chi connectivity index (χ0v) is 24.3. The van der Waals surface area contributed by atoms with Crippen LogP contribution in [0.4, 0.5) is 0 Å². The molecule has 34 heavy (non-hydrogen) atoms. The highest BCUT2D eigenvalue weighted by Gasteiger charge is 2.32. The summed E-state index contributed by atoms with van der Waals surface area (Å²) in [7, 11) is 1.86. The van der Waals surface area contributed by atoms with Crippen LogP contribution < -0.4 is 10.5 Å². The van der Waals surface area contributed by atoms with E-state index in [2.05, 4.69) is 22.5 Å². The second-order valence-corrected chi connectivity index (χ2v) is 11.6. The molecule has 2 atom stereocenters. The topological polar surface area (TPSA) is 89.2 Å². The molecule has 8 heteroatoms. The van der Waals surface area contributed by atoms with E-state index in [9.17, 15) is 4.79 Å². The van der Waals surface area contributed by atoms with Crippen LogP contribution in [0, 0.1) is 11.8 Å². The highest BCUT2D eigenvalue weighted by Crippen LogP contribution is 2.30. The molecule has 0 aromatic heterocycles. The van der Waals surface area contributed by atoms with E-state index in [1.54, 1.807) is 5.06 Å². The predicted octanol–water partition coefficient (Wildman–Crippen LogP) is 5.89. The largest absolute Gasteiger partial charge is 0.460 e. The standard InChI is InChI=1S/C20H37N3O3S.C4H11N.C2H6/c1-20(2,3)25-18(24)13-16(12-8-11-15-9-6-5-7-10-15)19-22-17(14-21-27)23(4)26-19;1-4(2,3)5;1-2/h15-17,21,27H,5-14H2,1-4H3;5H2,1-3H3;1-2H3/t16-,17?;;/m1../s1. The Morgan fingerprint density at radius 2 is 1.76 bits per heavy atom. The number of nitrogens with two attached hydrogens (primary N) is 1. The molecule has 0 radical (unpaired) electrons. The van der Waals surface area contributed by atoms with E-state index in [1.165, 1.54) is 38.5 Å². The molecule has 202 valence electrons. The van der Waals surface area contributed by atoms with Gasteiger partial charge in [-0.25, -0.2) is 4.99 Å². The molecule has 1 unspecified atom stereocenters. The van der Waals surface area contributed by atoms with Gasteiger partial charge in [0.1, 0.15) is 5.60 Å². The average Bonchev–Trinajstić information content (AvgIpc) is 3.08. The van der Waals surface area contributed by atoms with Crippen molar-refractivity contribution < 1.29 is 14.4 Å². The van der Waals surface area contributed by atoms with Gasteiger partial charge in [-0.2, -0.15) is 0 Å². The van der Waals surface area contributed by atoms with E-state index >= 15 is 0 Å². The Balaban J connectivity index is 0.00000138. The second kappa shape index (κ2) is 16.8. The Kier molecular flexibility index (Phi) is 16.4. The number of hydroxylamine groups is 2. The summed E-state index contributed by atoms with van der Waals surface area (Å²) in [5.74, 6) is 1.28. The van der Waals surface area contributed by atoms with Gasteiger partial charge >= 0.3 is 5.97 Å². The van der Waals surface area contributed by atoms with Crippen molar-refractivity contribution in [2.24, 2.45) is 22.6 Å². The number of likely N-dealkylation sites (N-methyl/N-ethyl adjacent to an activating group) is 1. The lowest BCUT2D eigenvalue weighted by molar-refractivity contribution is -0.155. The van der Waals surface area contributed by atoms with Crippen LogP contribution in [0.15, 0.2) is 4.99 Å². The number of hydrogen-bond acceptors (Lipinski definition) is 8. The Morgan fingerprint density at radius 1 is 1.21 bits per heavy atom. The first-order valence-corrected chi connectivity index (χ1v) is 13.6. The molecule has 0 amide bonds. The van der Waals surface area contributed by atoms with Gasteiger partial charge in [-0.15, -0.1) is 5.06 Å². The fourth-order valence-electron chi connectivity index (χ4n) is 3.92. The summed E-state index contributed by atoms with van der Waals surface area (Å²) in [6.07, 6.45) is 10.3. The first-order valence-electron chi connectivity index (χ1n) is 13.1.